The zero-order valence-electron chi connectivity index (χ0n) is 11.6. The maximum atomic E-state index is 12.5. The molecule has 21 heavy (non-hydrogen) atoms. The Labute approximate surface area is 124 Å². The zero-order valence-corrected chi connectivity index (χ0v) is 12.4. The van der Waals surface area contributed by atoms with Crippen LogP contribution in [0.4, 0.5) is 5.82 Å². The molecule has 0 fully saturated rings. The Balaban J connectivity index is 2.05. The third-order valence-corrected chi connectivity index (χ3v) is 3.28. The van der Waals surface area contributed by atoms with Crippen molar-refractivity contribution in [1.29, 1.82) is 0 Å². The first-order valence-corrected chi connectivity index (χ1v) is 6.57. The summed E-state index contributed by atoms with van der Waals surface area (Å²) in [7, 11) is 1.72. The molecule has 0 aliphatic heterocycles. The van der Waals surface area contributed by atoms with Gasteiger partial charge in [0.1, 0.15) is 5.02 Å². The number of rotatable bonds is 2. The fraction of sp³-hybridized carbons (Fsp3) is 0.231. The van der Waals surface area contributed by atoms with E-state index in [4.69, 9.17) is 16.1 Å². The lowest BCUT2D eigenvalue weighted by atomic mass is 10.1. The number of amides is 1. The lowest BCUT2D eigenvalue weighted by Gasteiger charge is -2.05. The van der Waals surface area contributed by atoms with E-state index < -0.39 is 0 Å². The second-order valence-electron chi connectivity index (χ2n) is 4.71. The fourth-order valence-electron chi connectivity index (χ4n) is 2.12. The van der Waals surface area contributed by atoms with E-state index >= 15 is 0 Å². The highest BCUT2D eigenvalue weighted by molar-refractivity contribution is 6.33. The third-order valence-electron chi connectivity index (χ3n) is 3.01. The quantitative estimate of drug-likeness (QED) is 0.786. The van der Waals surface area contributed by atoms with Crippen molar-refractivity contribution in [1.82, 2.24) is 19.9 Å². The molecule has 108 valence electrons. The van der Waals surface area contributed by atoms with E-state index in [0.717, 1.165) is 0 Å². The Kier molecular flexibility index (Phi) is 3.13. The van der Waals surface area contributed by atoms with Crippen LogP contribution >= 0.6 is 11.6 Å². The van der Waals surface area contributed by atoms with Crippen molar-refractivity contribution in [2.75, 3.05) is 5.32 Å². The van der Waals surface area contributed by atoms with Crippen LogP contribution < -0.4 is 5.32 Å². The average Bonchev–Trinajstić information content (AvgIpc) is 2.92. The molecule has 1 N–H and O–H groups in total. The molecule has 3 rings (SSSR count). The number of anilines is 1. The van der Waals surface area contributed by atoms with Crippen molar-refractivity contribution in [2.45, 2.75) is 13.8 Å². The molecule has 3 aromatic heterocycles. The highest BCUT2D eigenvalue weighted by atomic mass is 35.5. The summed E-state index contributed by atoms with van der Waals surface area (Å²) in [6, 6.07) is 1.68. The Morgan fingerprint density at radius 3 is 2.86 bits per heavy atom. The summed E-state index contributed by atoms with van der Waals surface area (Å²) in [6.07, 6.45) is 1.61. The molecule has 7 nitrogen and oxygen atoms in total. The molecule has 3 aromatic rings. The topological polar surface area (TPSA) is 85.8 Å². The molecule has 0 bridgehead atoms. The number of hydrogen-bond donors (Lipinski definition) is 1. The van der Waals surface area contributed by atoms with Crippen LogP contribution in [-0.2, 0) is 7.05 Å². The van der Waals surface area contributed by atoms with Crippen molar-refractivity contribution < 1.29 is 9.32 Å². The molecule has 0 saturated heterocycles. The zero-order chi connectivity index (χ0) is 15.1. The fourth-order valence-corrected chi connectivity index (χ4v) is 2.34. The summed E-state index contributed by atoms with van der Waals surface area (Å²) in [5.74, 6) is -0.0294. The van der Waals surface area contributed by atoms with E-state index in [1.165, 1.54) is 4.68 Å². The van der Waals surface area contributed by atoms with Crippen LogP contribution in [-0.4, -0.2) is 25.8 Å². The summed E-state index contributed by atoms with van der Waals surface area (Å²) in [5, 5.41) is 11.6. The normalized spacial score (nSPS) is 11.0. The minimum absolute atomic E-state index is 0.306. The van der Waals surface area contributed by atoms with E-state index in [0.29, 0.717) is 38.9 Å². The first-order chi connectivity index (χ1) is 9.95. The highest BCUT2D eigenvalue weighted by Crippen LogP contribution is 2.24. The largest absolute Gasteiger partial charge is 0.336 e. The van der Waals surface area contributed by atoms with Gasteiger partial charge in [0.2, 0.25) is 0 Å². The minimum atomic E-state index is -0.336. The van der Waals surface area contributed by atoms with Gasteiger partial charge in [0.05, 0.1) is 16.6 Å². The SMILES string of the molecule is Cc1cc(C(=O)Nc2nn(C)cc2Cl)c2c(C)noc2n1. The highest BCUT2D eigenvalue weighted by Gasteiger charge is 2.19. The molecule has 0 unspecified atom stereocenters. The molecular formula is C13H12ClN5O2. The Morgan fingerprint density at radius 2 is 2.19 bits per heavy atom. The van der Waals surface area contributed by atoms with Gasteiger partial charge in [0.25, 0.3) is 11.6 Å². The number of pyridine rings is 1. The van der Waals surface area contributed by atoms with Gasteiger partial charge in [0.15, 0.2) is 5.82 Å². The summed E-state index contributed by atoms with van der Waals surface area (Å²) in [5.41, 5.74) is 2.04. The maximum Gasteiger partial charge on any atom is 0.258 e. The van der Waals surface area contributed by atoms with Gasteiger partial charge in [-0.15, -0.1) is 0 Å². The van der Waals surface area contributed by atoms with E-state index in [2.05, 4.69) is 20.6 Å². The standard InChI is InChI=1S/C13H12ClN5O2/c1-6-4-8(10-7(2)18-21-13(10)15-6)12(20)16-11-9(14)5-19(3)17-11/h4-5H,1-3H3,(H,16,17,20). The van der Waals surface area contributed by atoms with Crippen LogP contribution in [0.1, 0.15) is 21.7 Å². The van der Waals surface area contributed by atoms with Crippen LogP contribution in [0.5, 0.6) is 0 Å². The van der Waals surface area contributed by atoms with Gasteiger partial charge < -0.3 is 9.84 Å². The maximum absolute atomic E-state index is 12.5. The Hall–Kier alpha value is -2.41. The first kappa shape index (κ1) is 13.6. The second-order valence-corrected chi connectivity index (χ2v) is 5.12. The number of carbonyl (C=O) groups excluding carboxylic acids is 1. The van der Waals surface area contributed by atoms with E-state index in [-0.39, 0.29) is 5.91 Å². The van der Waals surface area contributed by atoms with Crippen molar-refractivity contribution in [3.8, 4) is 0 Å². The van der Waals surface area contributed by atoms with Gasteiger partial charge in [-0.25, -0.2) is 4.98 Å². The molecule has 0 aliphatic rings. The van der Waals surface area contributed by atoms with Crippen molar-refractivity contribution in [3.05, 3.63) is 34.2 Å². The van der Waals surface area contributed by atoms with Crippen molar-refractivity contribution >= 4 is 34.4 Å². The molecule has 1 amide bonds. The number of carbonyl (C=O) groups is 1. The predicted molar refractivity (Wildman–Crippen MR) is 77.4 cm³/mol. The molecule has 0 radical (unpaired) electrons. The van der Waals surface area contributed by atoms with E-state index in [9.17, 15) is 4.79 Å². The van der Waals surface area contributed by atoms with Crippen LogP contribution in [0, 0.1) is 13.8 Å². The number of aromatic nitrogens is 4. The molecule has 0 spiro atoms. The second kappa shape index (κ2) is 4.85. The molecule has 0 atom stereocenters. The van der Waals surface area contributed by atoms with E-state index in [1.54, 1.807) is 33.2 Å². The van der Waals surface area contributed by atoms with Gasteiger partial charge in [-0.1, -0.05) is 16.8 Å². The number of nitrogens with one attached hydrogen (secondary N) is 1. The van der Waals surface area contributed by atoms with Crippen molar-refractivity contribution in [2.24, 2.45) is 7.05 Å². The molecule has 8 heteroatoms. The summed E-state index contributed by atoms with van der Waals surface area (Å²) >= 11 is 6.00. The summed E-state index contributed by atoms with van der Waals surface area (Å²) in [6.45, 7) is 3.54. The third kappa shape index (κ3) is 2.36. The van der Waals surface area contributed by atoms with Crippen LogP contribution in [0.3, 0.4) is 0 Å². The molecule has 0 aliphatic carbocycles. The lowest BCUT2D eigenvalue weighted by molar-refractivity contribution is 0.102. The number of halogens is 1. The Morgan fingerprint density at radius 1 is 1.43 bits per heavy atom. The van der Waals surface area contributed by atoms with Gasteiger partial charge in [-0.05, 0) is 19.9 Å². The number of hydrogen-bond acceptors (Lipinski definition) is 5. The van der Waals surface area contributed by atoms with Gasteiger partial charge >= 0.3 is 0 Å². The van der Waals surface area contributed by atoms with E-state index in [1.807, 2.05) is 0 Å². The van der Waals surface area contributed by atoms with Gasteiger partial charge in [-0.2, -0.15) is 5.10 Å². The summed E-state index contributed by atoms with van der Waals surface area (Å²) in [4.78, 5) is 16.7. The number of nitrogens with zero attached hydrogens (tertiary/aromatic N) is 4. The van der Waals surface area contributed by atoms with Crippen LogP contribution in [0.2, 0.25) is 5.02 Å². The first-order valence-electron chi connectivity index (χ1n) is 6.20. The van der Waals surface area contributed by atoms with Gasteiger partial charge in [-0.3, -0.25) is 9.48 Å². The molecule has 0 saturated carbocycles. The predicted octanol–water partition coefficient (Wildman–Crippen LogP) is 2.48. The molecule has 3 heterocycles. The van der Waals surface area contributed by atoms with Gasteiger partial charge in [0, 0.05) is 18.9 Å². The van der Waals surface area contributed by atoms with Crippen molar-refractivity contribution in [3.63, 3.8) is 0 Å². The monoisotopic (exact) mass is 305 g/mol. The van der Waals surface area contributed by atoms with Crippen LogP contribution in [0.15, 0.2) is 16.8 Å². The lowest BCUT2D eigenvalue weighted by Crippen LogP contribution is -2.14. The van der Waals surface area contributed by atoms with Crippen LogP contribution in [0.25, 0.3) is 11.1 Å². The summed E-state index contributed by atoms with van der Waals surface area (Å²) < 4.78 is 6.64. The number of fused-ring (bicyclic) bond motifs is 1. The molecule has 0 aromatic carbocycles. The average molecular weight is 306 g/mol. The smallest absolute Gasteiger partial charge is 0.258 e. The molecular weight excluding hydrogens is 294 g/mol. The Bertz CT molecular complexity index is 852. The number of aryl methyl sites for hydroxylation is 3. The minimum Gasteiger partial charge on any atom is -0.336 e.